The number of anilines is 1. The Morgan fingerprint density at radius 1 is 1.16 bits per heavy atom. The molecule has 0 aromatic heterocycles. The number of hydrogen-bond donors (Lipinski definition) is 2. The van der Waals surface area contributed by atoms with Gasteiger partial charge in [-0.3, -0.25) is 9.69 Å². The minimum absolute atomic E-state index is 0.0825. The molecule has 8 nitrogen and oxygen atoms in total. The number of amides is 1. The van der Waals surface area contributed by atoms with Crippen LogP contribution in [0.1, 0.15) is 63.0 Å². The zero-order valence-corrected chi connectivity index (χ0v) is 27.1. The van der Waals surface area contributed by atoms with E-state index in [1.54, 1.807) is 16.4 Å². The van der Waals surface area contributed by atoms with E-state index in [9.17, 15) is 13.2 Å². The van der Waals surface area contributed by atoms with Crippen LogP contribution < -0.4 is 11.1 Å². The number of benzene rings is 2. The van der Waals surface area contributed by atoms with Gasteiger partial charge in [-0.1, -0.05) is 43.6 Å². The molecule has 4 saturated heterocycles. The van der Waals surface area contributed by atoms with E-state index in [2.05, 4.69) is 24.1 Å². The highest BCUT2D eigenvalue weighted by atomic mass is 35.5. The fraction of sp³-hybridized carbons (Fsp3) is 0.606. The maximum absolute atomic E-state index is 15.4. The summed E-state index contributed by atoms with van der Waals surface area (Å²) in [4.78, 5) is 16.2. The van der Waals surface area contributed by atoms with Crippen molar-refractivity contribution in [2.45, 2.75) is 88.6 Å². The van der Waals surface area contributed by atoms with Gasteiger partial charge in [0, 0.05) is 60.0 Å². The summed E-state index contributed by atoms with van der Waals surface area (Å²) in [6.07, 6.45) is 4.01. The van der Waals surface area contributed by atoms with Crippen molar-refractivity contribution in [3.63, 3.8) is 0 Å². The van der Waals surface area contributed by atoms with Gasteiger partial charge in [-0.05, 0) is 80.2 Å². The number of sulfonamides is 1. The first-order chi connectivity index (χ1) is 21.0. The van der Waals surface area contributed by atoms with Gasteiger partial charge in [0.2, 0.25) is 15.9 Å². The molecule has 2 aromatic carbocycles. The number of carbonyl (C=O) groups excluding carboxylic acids is 1. The molecule has 0 aliphatic carbocycles. The van der Waals surface area contributed by atoms with Gasteiger partial charge in [-0.15, -0.1) is 0 Å². The van der Waals surface area contributed by atoms with Gasteiger partial charge in [0.1, 0.15) is 5.82 Å². The van der Waals surface area contributed by atoms with Crippen molar-refractivity contribution < 1.29 is 22.3 Å². The van der Waals surface area contributed by atoms with E-state index in [4.69, 9.17) is 22.1 Å². The van der Waals surface area contributed by atoms with Gasteiger partial charge >= 0.3 is 0 Å². The Hall–Kier alpha value is -2.08. The minimum Gasteiger partial charge on any atom is -0.378 e. The number of nitrogens with two attached hydrogens (primary N) is 1. The van der Waals surface area contributed by atoms with Crippen LogP contribution in [0.2, 0.25) is 5.02 Å². The highest BCUT2D eigenvalue weighted by Gasteiger charge is 2.55. The lowest BCUT2D eigenvalue weighted by Gasteiger charge is -2.38. The van der Waals surface area contributed by atoms with Gasteiger partial charge in [0.25, 0.3) is 0 Å². The van der Waals surface area contributed by atoms with Crippen LogP contribution in [0, 0.1) is 17.7 Å². The number of piperazine rings is 1. The largest absolute Gasteiger partial charge is 0.378 e. The van der Waals surface area contributed by atoms with E-state index in [-0.39, 0.29) is 47.7 Å². The predicted octanol–water partition coefficient (Wildman–Crippen LogP) is 4.77. The highest BCUT2D eigenvalue weighted by Crippen LogP contribution is 2.41. The van der Waals surface area contributed by atoms with E-state index in [0.29, 0.717) is 54.6 Å². The van der Waals surface area contributed by atoms with Crippen molar-refractivity contribution in [1.82, 2.24) is 9.21 Å². The molecule has 6 rings (SSSR count). The number of nitrogens with zero attached hydrogens (tertiary/aromatic N) is 2. The Morgan fingerprint density at radius 2 is 1.93 bits per heavy atom. The molecule has 3 N–H and O–H groups in total. The fourth-order valence-corrected chi connectivity index (χ4v) is 9.76. The van der Waals surface area contributed by atoms with Crippen molar-refractivity contribution in [1.29, 1.82) is 0 Å². The number of hydrogen-bond acceptors (Lipinski definition) is 6. The third-order valence-corrected chi connectivity index (χ3v) is 12.5. The summed E-state index contributed by atoms with van der Waals surface area (Å²) in [6, 6.07) is 11.5. The van der Waals surface area contributed by atoms with Crippen molar-refractivity contribution in [3.8, 4) is 0 Å². The molecular weight excluding hydrogens is 603 g/mol. The molecule has 6 unspecified atom stereocenters. The van der Waals surface area contributed by atoms with Crippen LogP contribution in [0.25, 0.3) is 0 Å². The van der Waals surface area contributed by atoms with Crippen LogP contribution in [-0.4, -0.2) is 79.3 Å². The summed E-state index contributed by atoms with van der Waals surface area (Å²) >= 11 is 6.19. The van der Waals surface area contributed by atoms with Crippen LogP contribution in [-0.2, 0) is 26.0 Å². The van der Waals surface area contributed by atoms with Gasteiger partial charge in [-0.25, -0.2) is 12.8 Å². The Labute approximate surface area is 265 Å². The third kappa shape index (κ3) is 6.57. The average molecular weight is 647 g/mol. The standard InChI is InChI=1S/C33H44ClFN4O4S/c1-20(2)30-17-22(14-15-43-30)31(21-8-10-23(34)11-9-21)32(36)33(40)37-27-7-3-6-26(35)25(27)12-13-28-29-19-38(29)24-5-4-16-44(41,42)39(28)18-24/h3,6-11,20,22,24,28-32H,4-5,12-19,36H2,1-2H3,(H,37,40)/t22?,24?,28?,29?,30?,31-,32-,38-/m0/s1. The number of ether oxygens (including phenoxy) is 1. The molecule has 2 bridgehead atoms. The average Bonchev–Trinajstić information content (AvgIpc) is 3.81. The first-order valence-corrected chi connectivity index (χ1v) is 18.0. The molecule has 4 aliphatic rings. The molecule has 4 fully saturated rings. The molecule has 9 atom stereocenters. The zero-order valence-electron chi connectivity index (χ0n) is 25.5. The monoisotopic (exact) mass is 646 g/mol. The van der Waals surface area contributed by atoms with Crippen molar-refractivity contribution in [2.24, 2.45) is 17.6 Å². The highest BCUT2D eigenvalue weighted by molar-refractivity contribution is 7.89. The van der Waals surface area contributed by atoms with Crippen molar-refractivity contribution in [2.75, 3.05) is 30.8 Å². The lowest BCUT2D eigenvalue weighted by molar-refractivity contribution is -0.118. The van der Waals surface area contributed by atoms with Gasteiger partial charge < -0.3 is 15.8 Å². The SMILES string of the molecule is CC(C)C1CC([C@H](c2ccc(Cl)cc2)[C@H](N)C(=O)Nc2cccc(F)c2CCC2C3C[N@@]3C3CCCS(=O)(=O)N2C3)CCO1. The molecule has 0 saturated carbocycles. The third-order valence-electron chi connectivity index (χ3n) is 10.3. The molecule has 4 heterocycles. The van der Waals surface area contributed by atoms with E-state index < -0.39 is 21.9 Å². The Balaban J connectivity index is 1.21. The molecule has 0 spiro atoms. The van der Waals surface area contributed by atoms with Gasteiger partial charge in [0.05, 0.1) is 17.9 Å². The molecule has 4 aliphatic heterocycles. The van der Waals surface area contributed by atoms with E-state index >= 15 is 4.39 Å². The summed E-state index contributed by atoms with van der Waals surface area (Å²) < 4.78 is 49.2. The van der Waals surface area contributed by atoms with Gasteiger partial charge in [0.15, 0.2) is 0 Å². The molecule has 2 aromatic rings. The number of fused-ring (bicyclic) bond motifs is 4. The fourth-order valence-electron chi connectivity index (χ4n) is 7.81. The normalized spacial score (nSPS) is 32.3. The second-order valence-corrected chi connectivity index (χ2v) is 15.8. The number of carbonyl (C=O) groups is 1. The van der Waals surface area contributed by atoms with Crippen LogP contribution >= 0.6 is 11.6 Å². The van der Waals surface area contributed by atoms with Crippen molar-refractivity contribution >= 4 is 33.2 Å². The molecular formula is C33H44ClFN4O4S. The lowest BCUT2D eigenvalue weighted by Crippen LogP contribution is -2.53. The second-order valence-electron chi connectivity index (χ2n) is 13.3. The number of halogens is 2. The van der Waals surface area contributed by atoms with Crippen LogP contribution in [0.5, 0.6) is 0 Å². The van der Waals surface area contributed by atoms with E-state index in [0.717, 1.165) is 31.4 Å². The molecule has 0 radical (unpaired) electrons. The number of rotatable bonds is 9. The number of nitrogens with one attached hydrogen (secondary N) is 1. The topological polar surface area (TPSA) is 105 Å². The molecule has 240 valence electrons. The van der Waals surface area contributed by atoms with E-state index in [1.165, 1.54) is 6.07 Å². The molecule has 44 heavy (non-hydrogen) atoms. The summed E-state index contributed by atoms with van der Waals surface area (Å²) in [6.45, 7) is 6.27. The van der Waals surface area contributed by atoms with Gasteiger partial charge in [-0.2, -0.15) is 4.31 Å². The first-order valence-electron chi connectivity index (χ1n) is 16.0. The Morgan fingerprint density at radius 3 is 2.68 bits per heavy atom. The summed E-state index contributed by atoms with van der Waals surface area (Å²) in [7, 11) is -3.35. The molecule has 1 amide bonds. The zero-order chi connectivity index (χ0) is 31.2. The first kappa shape index (κ1) is 31.9. The minimum atomic E-state index is -3.35. The Kier molecular flexibility index (Phi) is 9.40. The van der Waals surface area contributed by atoms with Crippen LogP contribution in [0.3, 0.4) is 0 Å². The summed E-state index contributed by atoms with van der Waals surface area (Å²) in [5, 5.41) is 3.57. The maximum atomic E-state index is 15.4. The lowest BCUT2D eigenvalue weighted by atomic mass is 9.74. The molecule has 11 heteroatoms. The van der Waals surface area contributed by atoms with E-state index in [1.807, 2.05) is 24.3 Å². The second kappa shape index (κ2) is 13.0. The Bertz CT molecular complexity index is 1460. The quantitative estimate of drug-likeness (QED) is 0.381. The van der Waals surface area contributed by atoms with Crippen LogP contribution in [0.4, 0.5) is 10.1 Å². The summed E-state index contributed by atoms with van der Waals surface area (Å²) in [5.74, 6) is -0.455. The maximum Gasteiger partial charge on any atom is 0.241 e. The summed E-state index contributed by atoms with van der Waals surface area (Å²) in [5.41, 5.74) is 8.48. The smallest absolute Gasteiger partial charge is 0.241 e. The van der Waals surface area contributed by atoms with Crippen molar-refractivity contribution in [3.05, 3.63) is 64.4 Å². The van der Waals surface area contributed by atoms with Crippen LogP contribution in [0.15, 0.2) is 42.5 Å². The predicted molar refractivity (Wildman–Crippen MR) is 171 cm³/mol.